The van der Waals surface area contributed by atoms with Crippen molar-refractivity contribution in [1.82, 2.24) is 5.32 Å². The van der Waals surface area contributed by atoms with Crippen LogP contribution in [0.1, 0.15) is 42.3 Å². The van der Waals surface area contributed by atoms with Crippen molar-refractivity contribution in [1.29, 1.82) is 0 Å². The summed E-state index contributed by atoms with van der Waals surface area (Å²) in [5, 5.41) is 2.55. The van der Waals surface area contributed by atoms with Crippen LogP contribution >= 0.6 is 0 Å². The summed E-state index contributed by atoms with van der Waals surface area (Å²) in [5.41, 5.74) is 1.50. The summed E-state index contributed by atoms with van der Waals surface area (Å²) in [4.78, 5) is 35.6. The molecule has 2 aromatic carbocycles. The third-order valence-corrected chi connectivity index (χ3v) is 4.32. The molecule has 1 atom stereocenters. The van der Waals surface area contributed by atoms with Crippen molar-refractivity contribution < 1.29 is 33.3 Å². The highest BCUT2D eigenvalue weighted by Gasteiger charge is 2.25. The minimum absolute atomic E-state index is 0.237. The highest BCUT2D eigenvalue weighted by Crippen LogP contribution is 2.16. The van der Waals surface area contributed by atoms with E-state index in [1.54, 1.807) is 57.2 Å². The lowest BCUT2D eigenvalue weighted by Gasteiger charge is -2.22. The number of benzene rings is 2. The molecule has 2 rings (SSSR count). The van der Waals surface area contributed by atoms with Gasteiger partial charge in [0.2, 0.25) is 0 Å². The van der Waals surface area contributed by atoms with E-state index in [1.165, 1.54) is 14.2 Å². The lowest BCUT2D eigenvalue weighted by Crippen LogP contribution is -2.45. The van der Waals surface area contributed by atoms with Crippen LogP contribution in [0.2, 0.25) is 0 Å². The van der Waals surface area contributed by atoms with Gasteiger partial charge in [0.25, 0.3) is 0 Å². The quantitative estimate of drug-likeness (QED) is 0.491. The van der Waals surface area contributed by atoms with E-state index in [1.807, 2.05) is 12.1 Å². The fraction of sp³-hybridized carbons (Fsp3) is 0.375. The first-order valence-electron chi connectivity index (χ1n) is 10.1. The third-order valence-electron chi connectivity index (χ3n) is 4.32. The summed E-state index contributed by atoms with van der Waals surface area (Å²) in [7, 11) is 2.60. The number of ether oxygens (including phenoxy) is 4. The highest BCUT2D eigenvalue weighted by atomic mass is 16.6. The maximum Gasteiger partial charge on any atom is 0.408 e. The normalized spacial score (nSPS) is 11.8. The van der Waals surface area contributed by atoms with E-state index in [9.17, 15) is 14.4 Å². The van der Waals surface area contributed by atoms with Crippen molar-refractivity contribution in [2.24, 2.45) is 0 Å². The van der Waals surface area contributed by atoms with Gasteiger partial charge < -0.3 is 24.3 Å². The zero-order valence-corrected chi connectivity index (χ0v) is 19.0. The molecule has 172 valence electrons. The highest BCUT2D eigenvalue weighted by molar-refractivity contribution is 5.89. The zero-order chi connectivity index (χ0) is 23.7. The molecular weight excluding hydrogens is 414 g/mol. The molecule has 0 spiro atoms. The Labute approximate surface area is 187 Å². The molecule has 0 bridgehead atoms. The van der Waals surface area contributed by atoms with Crippen LogP contribution in [0.3, 0.4) is 0 Å². The fourth-order valence-corrected chi connectivity index (χ4v) is 2.76. The Kier molecular flexibility index (Phi) is 8.63. The van der Waals surface area contributed by atoms with Crippen LogP contribution in [0.25, 0.3) is 0 Å². The van der Waals surface area contributed by atoms with Crippen LogP contribution in [-0.2, 0) is 32.0 Å². The lowest BCUT2D eigenvalue weighted by atomic mass is 10.1. The van der Waals surface area contributed by atoms with E-state index in [2.05, 4.69) is 10.1 Å². The second kappa shape index (κ2) is 11.2. The van der Waals surface area contributed by atoms with Gasteiger partial charge in [0.1, 0.15) is 24.0 Å². The summed E-state index contributed by atoms with van der Waals surface area (Å²) in [6.07, 6.45) is -0.452. The molecule has 0 aliphatic carbocycles. The lowest BCUT2D eigenvalue weighted by molar-refractivity contribution is -0.143. The molecule has 32 heavy (non-hydrogen) atoms. The Morgan fingerprint density at radius 1 is 0.875 bits per heavy atom. The van der Waals surface area contributed by atoms with Crippen LogP contribution in [0.4, 0.5) is 4.79 Å². The van der Waals surface area contributed by atoms with Gasteiger partial charge in [-0.2, -0.15) is 0 Å². The summed E-state index contributed by atoms with van der Waals surface area (Å²) in [6, 6.07) is 13.2. The average Bonchev–Trinajstić information content (AvgIpc) is 2.76. The maximum atomic E-state index is 12.1. The largest absolute Gasteiger partial charge is 0.489 e. The molecule has 8 nitrogen and oxygen atoms in total. The van der Waals surface area contributed by atoms with Gasteiger partial charge in [-0.3, -0.25) is 0 Å². The SMILES string of the molecule is COC(=O)c1ccc(COc2ccc(CC(NC(=O)OC(C)(C)C)C(=O)OC)cc2)cc1. The van der Waals surface area contributed by atoms with Crippen LogP contribution in [-0.4, -0.2) is 43.9 Å². The molecule has 0 aliphatic heterocycles. The average molecular weight is 443 g/mol. The zero-order valence-electron chi connectivity index (χ0n) is 19.0. The minimum Gasteiger partial charge on any atom is -0.489 e. The number of nitrogens with one attached hydrogen (secondary N) is 1. The van der Waals surface area contributed by atoms with Crippen molar-refractivity contribution in [2.45, 2.75) is 45.4 Å². The molecule has 0 aromatic heterocycles. The topological polar surface area (TPSA) is 100 Å². The second-order valence-corrected chi connectivity index (χ2v) is 8.05. The molecule has 8 heteroatoms. The molecule has 1 unspecified atom stereocenters. The summed E-state index contributed by atoms with van der Waals surface area (Å²) in [5.74, 6) is -0.313. The first-order chi connectivity index (χ1) is 15.1. The maximum absolute atomic E-state index is 12.1. The van der Waals surface area contributed by atoms with Crippen molar-refractivity contribution >= 4 is 18.0 Å². The molecule has 0 saturated carbocycles. The summed E-state index contributed by atoms with van der Waals surface area (Å²) >= 11 is 0. The summed E-state index contributed by atoms with van der Waals surface area (Å²) in [6.45, 7) is 5.55. The number of alkyl carbamates (subject to hydrolysis) is 1. The minimum atomic E-state index is -0.880. The number of carbonyl (C=O) groups is 3. The second-order valence-electron chi connectivity index (χ2n) is 8.05. The van der Waals surface area contributed by atoms with Crippen LogP contribution in [0, 0.1) is 0 Å². The van der Waals surface area contributed by atoms with E-state index in [0.29, 0.717) is 17.9 Å². The van der Waals surface area contributed by atoms with Gasteiger partial charge in [0.05, 0.1) is 19.8 Å². The summed E-state index contributed by atoms with van der Waals surface area (Å²) < 4.78 is 20.5. The smallest absolute Gasteiger partial charge is 0.408 e. The third kappa shape index (κ3) is 7.94. The van der Waals surface area contributed by atoms with Crippen LogP contribution in [0.5, 0.6) is 5.75 Å². The van der Waals surface area contributed by atoms with Gasteiger partial charge in [-0.1, -0.05) is 24.3 Å². The monoisotopic (exact) mass is 443 g/mol. The number of rotatable bonds is 8. The van der Waals surface area contributed by atoms with E-state index < -0.39 is 23.7 Å². The van der Waals surface area contributed by atoms with Crippen molar-refractivity contribution in [3.05, 3.63) is 65.2 Å². The molecule has 0 saturated heterocycles. The van der Waals surface area contributed by atoms with Gasteiger partial charge in [0, 0.05) is 6.42 Å². The van der Waals surface area contributed by atoms with E-state index >= 15 is 0 Å². The molecule has 0 aliphatic rings. The van der Waals surface area contributed by atoms with Crippen molar-refractivity contribution in [2.75, 3.05) is 14.2 Å². The van der Waals surface area contributed by atoms with Gasteiger partial charge in [-0.05, 0) is 56.2 Å². The van der Waals surface area contributed by atoms with E-state index in [4.69, 9.17) is 14.2 Å². The first kappa shape index (κ1) is 24.7. The molecule has 2 aromatic rings. The first-order valence-corrected chi connectivity index (χ1v) is 10.1. The van der Waals surface area contributed by atoms with Gasteiger partial charge in [0.15, 0.2) is 0 Å². The Balaban J connectivity index is 1.95. The fourth-order valence-electron chi connectivity index (χ4n) is 2.76. The van der Waals surface area contributed by atoms with Gasteiger partial charge in [-0.25, -0.2) is 14.4 Å². The number of methoxy groups -OCH3 is 2. The van der Waals surface area contributed by atoms with E-state index in [-0.39, 0.29) is 12.4 Å². The molecular formula is C24H29NO7. The molecule has 0 radical (unpaired) electrons. The van der Waals surface area contributed by atoms with Crippen molar-refractivity contribution in [3.8, 4) is 5.75 Å². The molecule has 1 N–H and O–H groups in total. The number of hydrogen-bond donors (Lipinski definition) is 1. The van der Waals surface area contributed by atoms with Crippen LogP contribution in [0.15, 0.2) is 48.5 Å². The molecule has 0 fully saturated rings. The number of hydrogen-bond acceptors (Lipinski definition) is 7. The Morgan fingerprint density at radius 3 is 2.00 bits per heavy atom. The Morgan fingerprint density at radius 2 is 1.47 bits per heavy atom. The number of carbonyl (C=O) groups excluding carboxylic acids is 3. The van der Waals surface area contributed by atoms with Crippen LogP contribution < -0.4 is 10.1 Å². The van der Waals surface area contributed by atoms with E-state index in [0.717, 1.165) is 11.1 Å². The Bertz CT molecular complexity index is 915. The predicted octanol–water partition coefficient (Wildman–Crippen LogP) is 3.66. The predicted molar refractivity (Wildman–Crippen MR) is 117 cm³/mol. The Hall–Kier alpha value is -3.55. The molecule has 0 heterocycles. The molecule has 1 amide bonds. The number of esters is 2. The van der Waals surface area contributed by atoms with Gasteiger partial charge >= 0.3 is 18.0 Å². The van der Waals surface area contributed by atoms with Crippen molar-refractivity contribution in [3.63, 3.8) is 0 Å². The standard InChI is InChI=1S/C24H29NO7/c1-24(2,3)32-23(28)25-20(22(27)30-5)14-16-8-12-19(13-9-16)31-15-17-6-10-18(11-7-17)21(26)29-4/h6-13,20H,14-15H2,1-5H3,(H,25,28). The number of amides is 1. The van der Waals surface area contributed by atoms with Gasteiger partial charge in [-0.15, -0.1) is 0 Å².